The zero-order valence-electron chi connectivity index (χ0n) is 7.62. The van der Waals surface area contributed by atoms with E-state index in [4.69, 9.17) is 0 Å². The fourth-order valence-corrected chi connectivity index (χ4v) is 1.90. The van der Waals surface area contributed by atoms with E-state index < -0.39 is 0 Å². The molecule has 12 heavy (non-hydrogen) atoms. The molecule has 0 saturated carbocycles. The molecule has 0 radical (unpaired) electrons. The fourth-order valence-electron chi connectivity index (χ4n) is 1.52. The minimum Gasteiger partial charge on any atom is -0.342 e. The molecule has 1 amide bonds. The molecule has 0 aromatic rings. The third kappa shape index (κ3) is 2.41. The second-order valence-corrected chi connectivity index (χ2v) is 3.77. The van der Waals surface area contributed by atoms with Gasteiger partial charge in [0.1, 0.15) is 0 Å². The molecule has 1 rings (SSSR count). The van der Waals surface area contributed by atoms with Crippen LogP contribution in [0.2, 0.25) is 0 Å². The summed E-state index contributed by atoms with van der Waals surface area (Å²) >= 11 is 4.26. The van der Waals surface area contributed by atoms with Crippen molar-refractivity contribution in [3.05, 3.63) is 0 Å². The summed E-state index contributed by atoms with van der Waals surface area (Å²) in [7, 11) is 0. The Morgan fingerprint density at radius 1 is 1.67 bits per heavy atom. The smallest absolute Gasteiger partial charge is 0.222 e. The molecule has 2 nitrogen and oxygen atoms in total. The Hall–Kier alpha value is -0.180. The molecule has 1 aliphatic rings. The van der Waals surface area contributed by atoms with Crippen molar-refractivity contribution in [1.82, 2.24) is 4.90 Å². The predicted molar refractivity (Wildman–Crippen MR) is 53.4 cm³/mol. The molecule has 0 aromatic heterocycles. The Morgan fingerprint density at radius 3 is 2.83 bits per heavy atom. The molecule has 0 N–H and O–H groups in total. The molecule has 0 aromatic carbocycles. The van der Waals surface area contributed by atoms with Crippen molar-refractivity contribution in [1.29, 1.82) is 0 Å². The number of likely N-dealkylation sites (tertiary alicyclic amines) is 1. The van der Waals surface area contributed by atoms with E-state index in [2.05, 4.69) is 19.6 Å². The lowest BCUT2D eigenvalue weighted by molar-refractivity contribution is -0.128. The van der Waals surface area contributed by atoms with Gasteiger partial charge in [0.15, 0.2) is 0 Å². The maximum atomic E-state index is 11.2. The molecule has 70 valence electrons. The number of thiol groups is 1. The van der Waals surface area contributed by atoms with E-state index in [1.54, 1.807) is 0 Å². The van der Waals surface area contributed by atoms with Crippen LogP contribution < -0.4 is 0 Å². The van der Waals surface area contributed by atoms with E-state index in [0.29, 0.717) is 11.8 Å². The average Bonchev–Trinajstić information content (AvgIpc) is 2.47. The summed E-state index contributed by atoms with van der Waals surface area (Å²) in [5.41, 5.74) is 0. The van der Waals surface area contributed by atoms with E-state index in [0.717, 1.165) is 38.1 Å². The monoisotopic (exact) mass is 187 g/mol. The number of hydrogen-bond acceptors (Lipinski definition) is 2. The number of hydrogen-bond donors (Lipinski definition) is 1. The molecule has 1 aliphatic heterocycles. The van der Waals surface area contributed by atoms with Gasteiger partial charge in [-0.05, 0) is 18.1 Å². The molecule has 1 fully saturated rings. The highest BCUT2D eigenvalue weighted by molar-refractivity contribution is 7.80. The normalized spacial score (nSPS) is 20.2. The Labute approximate surface area is 79.7 Å². The van der Waals surface area contributed by atoms with Gasteiger partial charge in [-0.1, -0.05) is 13.3 Å². The molecule has 1 saturated heterocycles. The number of nitrogens with zero attached hydrogens (tertiary/aromatic N) is 1. The van der Waals surface area contributed by atoms with Crippen molar-refractivity contribution < 1.29 is 4.79 Å². The minimum atomic E-state index is 0.329. The number of carbonyl (C=O) groups is 1. The van der Waals surface area contributed by atoms with Gasteiger partial charge in [-0.25, -0.2) is 0 Å². The van der Waals surface area contributed by atoms with Gasteiger partial charge in [0.25, 0.3) is 0 Å². The van der Waals surface area contributed by atoms with Crippen molar-refractivity contribution >= 4 is 18.5 Å². The van der Waals surface area contributed by atoms with Crippen LogP contribution in [-0.4, -0.2) is 29.6 Å². The van der Waals surface area contributed by atoms with Gasteiger partial charge < -0.3 is 4.90 Å². The van der Waals surface area contributed by atoms with Crippen LogP contribution in [0.4, 0.5) is 0 Å². The minimum absolute atomic E-state index is 0.329. The van der Waals surface area contributed by atoms with Crippen LogP contribution >= 0.6 is 12.6 Å². The first kappa shape index (κ1) is 9.90. The van der Waals surface area contributed by atoms with Crippen molar-refractivity contribution in [3.8, 4) is 0 Å². The highest BCUT2D eigenvalue weighted by Crippen LogP contribution is 2.14. The topological polar surface area (TPSA) is 20.3 Å². The summed E-state index contributed by atoms with van der Waals surface area (Å²) in [6, 6.07) is 0. The van der Waals surface area contributed by atoms with Crippen molar-refractivity contribution in [2.75, 3.05) is 18.8 Å². The van der Waals surface area contributed by atoms with Crippen LogP contribution in [0.5, 0.6) is 0 Å². The molecular formula is C9H17NOS. The molecule has 0 bridgehead atoms. The van der Waals surface area contributed by atoms with Crippen LogP contribution in [-0.2, 0) is 4.79 Å². The average molecular weight is 187 g/mol. The van der Waals surface area contributed by atoms with Gasteiger partial charge >= 0.3 is 0 Å². The SMILES string of the molecule is CCC(CS)CN1CCCC1=O. The predicted octanol–water partition coefficient (Wildman–Crippen LogP) is 1.56. The standard InChI is InChI=1S/C9H17NOS/c1-2-8(7-12)6-10-5-3-4-9(10)11/h8,12H,2-7H2,1H3. The molecule has 1 heterocycles. The van der Waals surface area contributed by atoms with Crippen LogP contribution in [0.1, 0.15) is 26.2 Å². The first-order chi connectivity index (χ1) is 5.77. The van der Waals surface area contributed by atoms with Gasteiger partial charge in [0.05, 0.1) is 0 Å². The summed E-state index contributed by atoms with van der Waals surface area (Å²) < 4.78 is 0. The van der Waals surface area contributed by atoms with Gasteiger partial charge in [-0.3, -0.25) is 4.79 Å². The van der Waals surface area contributed by atoms with Crippen LogP contribution in [0.25, 0.3) is 0 Å². The summed E-state index contributed by atoms with van der Waals surface area (Å²) in [6.45, 7) is 4.03. The van der Waals surface area contributed by atoms with Crippen molar-refractivity contribution in [3.63, 3.8) is 0 Å². The van der Waals surface area contributed by atoms with E-state index in [9.17, 15) is 4.79 Å². The lowest BCUT2D eigenvalue weighted by atomic mass is 10.1. The Kier molecular flexibility index (Phi) is 3.92. The second-order valence-electron chi connectivity index (χ2n) is 3.40. The van der Waals surface area contributed by atoms with Crippen molar-refractivity contribution in [2.45, 2.75) is 26.2 Å². The molecule has 0 spiro atoms. The quantitative estimate of drug-likeness (QED) is 0.662. The lowest BCUT2D eigenvalue weighted by Crippen LogP contribution is -2.30. The maximum absolute atomic E-state index is 11.2. The lowest BCUT2D eigenvalue weighted by Gasteiger charge is -2.21. The summed E-state index contributed by atoms with van der Waals surface area (Å²) in [6.07, 6.45) is 2.91. The maximum Gasteiger partial charge on any atom is 0.222 e. The van der Waals surface area contributed by atoms with Crippen LogP contribution in [0.15, 0.2) is 0 Å². The molecule has 3 heteroatoms. The van der Waals surface area contributed by atoms with Gasteiger partial charge in [0, 0.05) is 19.5 Å². The molecule has 1 atom stereocenters. The summed E-state index contributed by atoms with van der Waals surface area (Å²) in [5.74, 6) is 1.80. The van der Waals surface area contributed by atoms with E-state index in [1.807, 2.05) is 4.90 Å². The van der Waals surface area contributed by atoms with Gasteiger partial charge in [-0.15, -0.1) is 0 Å². The molecule has 1 unspecified atom stereocenters. The zero-order valence-corrected chi connectivity index (χ0v) is 8.52. The van der Waals surface area contributed by atoms with E-state index in [-0.39, 0.29) is 0 Å². The molecular weight excluding hydrogens is 170 g/mol. The van der Waals surface area contributed by atoms with Crippen LogP contribution in [0, 0.1) is 5.92 Å². The first-order valence-corrected chi connectivity index (χ1v) is 5.29. The first-order valence-electron chi connectivity index (χ1n) is 4.66. The highest BCUT2D eigenvalue weighted by Gasteiger charge is 2.21. The number of carbonyl (C=O) groups excluding carboxylic acids is 1. The highest BCUT2D eigenvalue weighted by atomic mass is 32.1. The third-order valence-corrected chi connectivity index (χ3v) is 3.00. The number of rotatable bonds is 4. The fraction of sp³-hybridized carbons (Fsp3) is 0.889. The summed E-state index contributed by atoms with van der Waals surface area (Å²) in [5, 5.41) is 0. The van der Waals surface area contributed by atoms with Gasteiger partial charge in [0.2, 0.25) is 5.91 Å². The largest absolute Gasteiger partial charge is 0.342 e. The van der Waals surface area contributed by atoms with Gasteiger partial charge in [-0.2, -0.15) is 12.6 Å². The van der Waals surface area contributed by atoms with Crippen molar-refractivity contribution in [2.24, 2.45) is 5.92 Å². The van der Waals surface area contributed by atoms with E-state index >= 15 is 0 Å². The Bertz CT molecular complexity index is 157. The van der Waals surface area contributed by atoms with Crippen LogP contribution in [0.3, 0.4) is 0 Å². The third-order valence-electron chi connectivity index (χ3n) is 2.49. The second kappa shape index (κ2) is 4.75. The Morgan fingerprint density at radius 2 is 2.42 bits per heavy atom. The molecule has 0 aliphatic carbocycles. The van der Waals surface area contributed by atoms with E-state index in [1.165, 1.54) is 0 Å². The Balaban J connectivity index is 2.33. The summed E-state index contributed by atoms with van der Waals surface area (Å²) in [4.78, 5) is 13.2. The zero-order chi connectivity index (χ0) is 8.97. The number of amides is 1.